The minimum absolute atomic E-state index is 0.103. The molecule has 0 saturated carbocycles. The molecule has 0 radical (unpaired) electrons. The number of nitrogens with zero attached hydrogens (tertiary/aromatic N) is 2. The lowest BCUT2D eigenvalue weighted by atomic mass is 10.1. The van der Waals surface area contributed by atoms with Gasteiger partial charge in [0.2, 0.25) is 0 Å². The van der Waals surface area contributed by atoms with Gasteiger partial charge >= 0.3 is 5.97 Å². The molecule has 0 spiro atoms. The van der Waals surface area contributed by atoms with E-state index in [1.165, 1.54) is 7.11 Å². The Bertz CT molecular complexity index is 468. The van der Waals surface area contributed by atoms with Crippen molar-refractivity contribution in [2.24, 2.45) is 0 Å². The molecule has 0 aliphatic carbocycles. The number of hydrogen-bond donors (Lipinski definition) is 1. The second-order valence-electron chi connectivity index (χ2n) is 4.75. The maximum absolute atomic E-state index is 11.6. The molecule has 1 aliphatic rings. The number of esters is 1. The van der Waals surface area contributed by atoms with Crippen LogP contribution < -0.4 is 10.6 Å². The van der Waals surface area contributed by atoms with Crippen molar-refractivity contribution in [3.8, 4) is 0 Å². The van der Waals surface area contributed by atoms with Crippen LogP contribution in [0.3, 0.4) is 0 Å². The van der Waals surface area contributed by atoms with Crippen LogP contribution >= 0.6 is 0 Å². The van der Waals surface area contributed by atoms with E-state index in [4.69, 9.17) is 15.2 Å². The van der Waals surface area contributed by atoms with Crippen LogP contribution in [0.1, 0.15) is 24.2 Å². The molecule has 2 atom stereocenters. The van der Waals surface area contributed by atoms with Crippen molar-refractivity contribution < 1.29 is 14.3 Å². The monoisotopic (exact) mass is 265 g/mol. The lowest BCUT2D eigenvalue weighted by Crippen LogP contribution is -2.46. The molecule has 0 amide bonds. The average molecular weight is 265 g/mol. The number of morpholine rings is 1. The molecule has 19 heavy (non-hydrogen) atoms. The highest BCUT2D eigenvalue weighted by Crippen LogP contribution is 2.27. The van der Waals surface area contributed by atoms with Crippen molar-refractivity contribution in [3.05, 3.63) is 17.8 Å². The molecule has 2 N–H and O–H groups in total. The van der Waals surface area contributed by atoms with E-state index in [-0.39, 0.29) is 12.2 Å². The quantitative estimate of drug-likeness (QED) is 0.806. The molecule has 0 aromatic carbocycles. The maximum atomic E-state index is 11.6. The second-order valence-corrected chi connectivity index (χ2v) is 4.75. The molecule has 1 aliphatic heterocycles. The van der Waals surface area contributed by atoms with Crippen LogP contribution in [0.15, 0.2) is 12.3 Å². The van der Waals surface area contributed by atoms with Gasteiger partial charge in [0, 0.05) is 19.3 Å². The third-order valence-electron chi connectivity index (χ3n) is 3.09. The van der Waals surface area contributed by atoms with Gasteiger partial charge in [0.1, 0.15) is 0 Å². The lowest BCUT2D eigenvalue weighted by molar-refractivity contribution is -0.00541. The van der Waals surface area contributed by atoms with E-state index in [1.54, 1.807) is 12.3 Å². The number of methoxy groups -OCH3 is 1. The summed E-state index contributed by atoms with van der Waals surface area (Å²) in [7, 11) is 1.33. The van der Waals surface area contributed by atoms with E-state index in [0.717, 1.165) is 0 Å². The van der Waals surface area contributed by atoms with Crippen molar-refractivity contribution >= 4 is 17.5 Å². The van der Waals surface area contributed by atoms with Crippen LogP contribution in [0.4, 0.5) is 11.5 Å². The summed E-state index contributed by atoms with van der Waals surface area (Å²) in [6.45, 7) is 5.41. The number of hydrogen-bond acceptors (Lipinski definition) is 6. The molecule has 2 heterocycles. The highest BCUT2D eigenvalue weighted by Gasteiger charge is 2.26. The van der Waals surface area contributed by atoms with E-state index < -0.39 is 5.97 Å². The van der Waals surface area contributed by atoms with Gasteiger partial charge in [0.15, 0.2) is 5.82 Å². The zero-order chi connectivity index (χ0) is 14.0. The zero-order valence-electron chi connectivity index (χ0n) is 11.4. The van der Waals surface area contributed by atoms with E-state index >= 15 is 0 Å². The van der Waals surface area contributed by atoms with Gasteiger partial charge in [0.05, 0.1) is 30.6 Å². The smallest absolute Gasteiger partial charge is 0.340 e. The molecule has 1 fully saturated rings. The van der Waals surface area contributed by atoms with Crippen molar-refractivity contribution in [1.29, 1.82) is 0 Å². The van der Waals surface area contributed by atoms with Crippen molar-refractivity contribution in [1.82, 2.24) is 4.98 Å². The number of nitrogens with two attached hydrogens (primary N) is 1. The van der Waals surface area contributed by atoms with Crippen LogP contribution in [-0.4, -0.2) is 43.4 Å². The lowest BCUT2D eigenvalue weighted by Gasteiger charge is -2.36. The summed E-state index contributed by atoms with van der Waals surface area (Å²) >= 11 is 0. The van der Waals surface area contributed by atoms with Gasteiger partial charge in [-0.05, 0) is 19.9 Å². The summed E-state index contributed by atoms with van der Waals surface area (Å²) in [5.74, 6) is 0.167. The number of aromatic nitrogens is 1. The van der Waals surface area contributed by atoms with Crippen LogP contribution in [-0.2, 0) is 9.47 Å². The summed E-state index contributed by atoms with van der Waals surface area (Å²) in [5, 5.41) is 0. The third kappa shape index (κ3) is 2.78. The number of carbonyl (C=O) groups excluding carboxylic acids is 1. The molecule has 2 rings (SSSR count). The summed E-state index contributed by atoms with van der Waals surface area (Å²) in [6, 6.07) is 1.57. The number of rotatable bonds is 2. The predicted octanol–water partition coefficient (Wildman–Crippen LogP) is 1.06. The fourth-order valence-electron chi connectivity index (χ4n) is 2.35. The molecule has 6 nitrogen and oxygen atoms in total. The number of carbonyl (C=O) groups is 1. The Balaban J connectivity index is 2.32. The predicted molar refractivity (Wildman–Crippen MR) is 72.2 cm³/mol. The van der Waals surface area contributed by atoms with Crippen LogP contribution in [0, 0.1) is 0 Å². The summed E-state index contributed by atoms with van der Waals surface area (Å²) in [5.41, 5.74) is 6.74. The Kier molecular flexibility index (Phi) is 3.90. The molecule has 2 unspecified atom stereocenters. The number of nitrogen functional groups attached to an aromatic ring is 1. The SMILES string of the molecule is COC(=O)c1ccnc(N2CC(C)OC(C)C2)c1N. The fraction of sp³-hybridized carbons (Fsp3) is 0.538. The highest BCUT2D eigenvalue weighted by molar-refractivity contribution is 5.97. The van der Waals surface area contributed by atoms with Gasteiger partial charge in [0.25, 0.3) is 0 Å². The third-order valence-corrected chi connectivity index (χ3v) is 3.09. The minimum atomic E-state index is -0.449. The topological polar surface area (TPSA) is 77.7 Å². The molecule has 104 valence electrons. The highest BCUT2D eigenvalue weighted by atomic mass is 16.5. The van der Waals surface area contributed by atoms with E-state index in [1.807, 2.05) is 18.7 Å². The molecule has 1 aromatic rings. The number of ether oxygens (including phenoxy) is 2. The summed E-state index contributed by atoms with van der Waals surface area (Å²) < 4.78 is 10.4. The standard InChI is InChI=1S/C13H19N3O3/c1-8-6-16(7-9(2)19-8)12-11(14)10(4-5-15-12)13(17)18-3/h4-5,8-9H,6-7,14H2,1-3H3. The molecule has 1 aromatic heterocycles. The Labute approximate surface area is 112 Å². The van der Waals surface area contributed by atoms with Crippen LogP contribution in [0.25, 0.3) is 0 Å². The number of pyridine rings is 1. The first kappa shape index (κ1) is 13.6. The molecule has 1 saturated heterocycles. The molecule has 0 bridgehead atoms. The Morgan fingerprint density at radius 2 is 2.11 bits per heavy atom. The van der Waals surface area contributed by atoms with Gasteiger partial charge in [-0.2, -0.15) is 0 Å². The average Bonchev–Trinajstić information content (AvgIpc) is 2.37. The summed E-state index contributed by atoms with van der Waals surface area (Å²) in [4.78, 5) is 18.0. The van der Waals surface area contributed by atoms with Gasteiger partial charge < -0.3 is 20.1 Å². The van der Waals surface area contributed by atoms with Gasteiger partial charge in [-0.3, -0.25) is 0 Å². The minimum Gasteiger partial charge on any atom is -0.465 e. The first-order valence-corrected chi connectivity index (χ1v) is 6.26. The van der Waals surface area contributed by atoms with E-state index in [0.29, 0.717) is 30.2 Å². The first-order valence-electron chi connectivity index (χ1n) is 6.26. The Morgan fingerprint density at radius 3 is 2.68 bits per heavy atom. The van der Waals surface area contributed by atoms with E-state index in [9.17, 15) is 4.79 Å². The Hall–Kier alpha value is -1.82. The Morgan fingerprint density at radius 1 is 1.47 bits per heavy atom. The molecular formula is C13H19N3O3. The largest absolute Gasteiger partial charge is 0.465 e. The van der Waals surface area contributed by atoms with Gasteiger partial charge in [-0.1, -0.05) is 0 Å². The van der Waals surface area contributed by atoms with Crippen molar-refractivity contribution in [2.45, 2.75) is 26.1 Å². The van der Waals surface area contributed by atoms with Crippen LogP contribution in [0.5, 0.6) is 0 Å². The first-order chi connectivity index (χ1) is 9.02. The summed E-state index contributed by atoms with van der Waals surface area (Å²) in [6.07, 6.45) is 1.78. The van der Waals surface area contributed by atoms with Crippen LogP contribution in [0.2, 0.25) is 0 Å². The maximum Gasteiger partial charge on any atom is 0.340 e. The number of anilines is 2. The fourth-order valence-corrected chi connectivity index (χ4v) is 2.35. The molecule has 6 heteroatoms. The second kappa shape index (κ2) is 5.44. The zero-order valence-corrected chi connectivity index (χ0v) is 11.4. The molecular weight excluding hydrogens is 246 g/mol. The van der Waals surface area contributed by atoms with Gasteiger partial charge in [-0.25, -0.2) is 9.78 Å². The van der Waals surface area contributed by atoms with Crippen molar-refractivity contribution in [3.63, 3.8) is 0 Å². The van der Waals surface area contributed by atoms with Crippen molar-refractivity contribution in [2.75, 3.05) is 30.8 Å². The van der Waals surface area contributed by atoms with E-state index in [2.05, 4.69) is 4.98 Å². The van der Waals surface area contributed by atoms with Gasteiger partial charge in [-0.15, -0.1) is 0 Å². The normalized spacial score (nSPS) is 23.2.